The van der Waals surface area contributed by atoms with Gasteiger partial charge in [-0.05, 0) is 58.4 Å². The minimum absolute atomic E-state index is 0.675. The van der Waals surface area contributed by atoms with Crippen LogP contribution < -0.4 is 5.32 Å². The topological polar surface area (TPSA) is 15.3 Å². The second kappa shape index (κ2) is 5.50. The molecular formula is C14H28N2. The van der Waals surface area contributed by atoms with Crippen LogP contribution in [0.3, 0.4) is 0 Å². The number of nitrogens with one attached hydrogen (secondary N) is 1. The minimum Gasteiger partial charge on any atom is -0.314 e. The smallest absolute Gasteiger partial charge is 0.0101 e. The van der Waals surface area contributed by atoms with Crippen molar-refractivity contribution in [1.82, 2.24) is 10.2 Å². The van der Waals surface area contributed by atoms with E-state index in [4.69, 9.17) is 0 Å². The molecule has 2 nitrogen and oxygen atoms in total. The summed E-state index contributed by atoms with van der Waals surface area (Å²) in [7, 11) is 0. The third-order valence-corrected chi connectivity index (χ3v) is 4.46. The van der Waals surface area contributed by atoms with Crippen molar-refractivity contribution in [3.05, 3.63) is 0 Å². The second-order valence-electron chi connectivity index (χ2n) is 5.97. The highest BCUT2D eigenvalue weighted by molar-refractivity contribution is 4.94. The van der Waals surface area contributed by atoms with Gasteiger partial charge < -0.3 is 5.32 Å². The number of hydrogen-bond donors (Lipinski definition) is 1. The Bertz CT molecular complexity index is 217. The van der Waals surface area contributed by atoms with Gasteiger partial charge in [0.25, 0.3) is 0 Å². The highest BCUT2D eigenvalue weighted by Crippen LogP contribution is 2.38. The molecule has 0 amide bonds. The highest BCUT2D eigenvalue weighted by atomic mass is 15.2. The van der Waals surface area contributed by atoms with Gasteiger partial charge in [0.1, 0.15) is 0 Å². The predicted molar refractivity (Wildman–Crippen MR) is 69.7 cm³/mol. The maximum Gasteiger partial charge on any atom is 0.0101 e. The van der Waals surface area contributed by atoms with Gasteiger partial charge in [0.15, 0.2) is 0 Å². The van der Waals surface area contributed by atoms with Gasteiger partial charge in [0, 0.05) is 24.7 Å². The molecule has 1 heterocycles. The molecule has 1 saturated carbocycles. The monoisotopic (exact) mass is 224 g/mol. The summed E-state index contributed by atoms with van der Waals surface area (Å²) in [5, 5.41) is 3.60. The Morgan fingerprint density at radius 2 is 2.12 bits per heavy atom. The third-order valence-electron chi connectivity index (χ3n) is 4.46. The lowest BCUT2D eigenvalue weighted by molar-refractivity contribution is 0.144. The normalized spacial score (nSPS) is 33.2. The van der Waals surface area contributed by atoms with Gasteiger partial charge in [-0.15, -0.1) is 0 Å². The van der Waals surface area contributed by atoms with Crippen molar-refractivity contribution in [1.29, 1.82) is 0 Å². The van der Waals surface area contributed by atoms with E-state index in [0.29, 0.717) is 6.04 Å². The van der Waals surface area contributed by atoms with Crippen LogP contribution >= 0.6 is 0 Å². The predicted octanol–water partition coefficient (Wildman–Crippen LogP) is 2.64. The molecule has 1 saturated heterocycles. The number of piperidine rings is 1. The van der Waals surface area contributed by atoms with Crippen molar-refractivity contribution >= 4 is 0 Å². The Kier molecular flexibility index (Phi) is 4.26. The molecule has 2 heteroatoms. The van der Waals surface area contributed by atoms with Crippen molar-refractivity contribution in [2.24, 2.45) is 5.92 Å². The SMILES string of the molecule is CCCNC(C)CC(C)N1CC2CCC1C2. The zero-order chi connectivity index (χ0) is 11.5. The lowest BCUT2D eigenvalue weighted by Gasteiger charge is -2.34. The van der Waals surface area contributed by atoms with E-state index in [9.17, 15) is 0 Å². The van der Waals surface area contributed by atoms with E-state index < -0.39 is 0 Å². The van der Waals surface area contributed by atoms with Crippen LogP contribution in [0.2, 0.25) is 0 Å². The van der Waals surface area contributed by atoms with E-state index in [1.54, 1.807) is 0 Å². The van der Waals surface area contributed by atoms with Crippen LogP contribution in [0.5, 0.6) is 0 Å². The van der Waals surface area contributed by atoms with Gasteiger partial charge in [-0.25, -0.2) is 0 Å². The van der Waals surface area contributed by atoms with Gasteiger partial charge >= 0.3 is 0 Å². The fourth-order valence-electron chi connectivity index (χ4n) is 3.62. The molecular weight excluding hydrogens is 196 g/mol. The van der Waals surface area contributed by atoms with Gasteiger partial charge in [-0.1, -0.05) is 6.92 Å². The number of hydrogen-bond acceptors (Lipinski definition) is 2. The molecule has 2 fully saturated rings. The number of fused-ring (bicyclic) bond motifs is 2. The molecule has 1 N–H and O–H groups in total. The highest BCUT2D eigenvalue weighted by Gasteiger charge is 2.39. The average molecular weight is 224 g/mol. The average Bonchev–Trinajstić information content (AvgIpc) is 2.87. The standard InChI is InChI=1S/C14H28N2/c1-4-7-15-11(2)8-12(3)16-10-13-5-6-14(16)9-13/h11-15H,4-10H2,1-3H3. The minimum atomic E-state index is 0.675. The molecule has 94 valence electrons. The summed E-state index contributed by atoms with van der Waals surface area (Å²) in [4.78, 5) is 2.78. The molecule has 4 unspecified atom stereocenters. The van der Waals surface area contributed by atoms with Gasteiger partial charge in [0.2, 0.25) is 0 Å². The first-order chi connectivity index (χ1) is 7.70. The van der Waals surface area contributed by atoms with Crippen molar-refractivity contribution in [2.45, 2.75) is 71.0 Å². The molecule has 0 aromatic carbocycles. The first-order valence-corrected chi connectivity index (χ1v) is 7.19. The van der Waals surface area contributed by atoms with Crippen LogP contribution in [-0.4, -0.2) is 36.1 Å². The van der Waals surface area contributed by atoms with Crippen LogP contribution in [-0.2, 0) is 0 Å². The number of rotatable bonds is 6. The molecule has 2 aliphatic rings. The summed E-state index contributed by atoms with van der Waals surface area (Å²) in [6.07, 6.45) is 7.00. The van der Waals surface area contributed by atoms with Crippen LogP contribution in [0, 0.1) is 5.92 Å². The summed E-state index contributed by atoms with van der Waals surface area (Å²) in [5.74, 6) is 1.03. The first-order valence-electron chi connectivity index (χ1n) is 7.19. The Hall–Kier alpha value is -0.0800. The Balaban J connectivity index is 1.73. The molecule has 0 aromatic rings. The van der Waals surface area contributed by atoms with Gasteiger partial charge in [-0.2, -0.15) is 0 Å². The van der Waals surface area contributed by atoms with E-state index in [1.807, 2.05) is 0 Å². The zero-order valence-corrected chi connectivity index (χ0v) is 11.2. The van der Waals surface area contributed by atoms with Crippen molar-refractivity contribution in [3.8, 4) is 0 Å². The summed E-state index contributed by atoms with van der Waals surface area (Å²) in [5.41, 5.74) is 0. The maximum absolute atomic E-state index is 3.60. The summed E-state index contributed by atoms with van der Waals surface area (Å²) in [6, 6.07) is 2.38. The second-order valence-corrected chi connectivity index (χ2v) is 5.97. The van der Waals surface area contributed by atoms with E-state index in [2.05, 4.69) is 31.0 Å². The lowest BCUT2D eigenvalue weighted by Crippen LogP contribution is -2.42. The largest absolute Gasteiger partial charge is 0.314 e. The molecule has 1 aliphatic heterocycles. The van der Waals surface area contributed by atoms with Crippen LogP contribution in [0.4, 0.5) is 0 Å². The van der Waals surface area contributed by atoms with Crippen LogP contribution in [0.1, 0.15) is 52.9 Å². The Morgan fingerprint density at radius 3 is 2.69 bits per heavy atom. The summed E-state index contributed by atoms with van der Waals surface area (Å²) >= 11 is 0. The van der Waals surface area contributed by atoms with Crippen LogP contribution in [0.15, 0.2) is 0 Å². The first kappa shape index (κ1) is 12.4. The van der Waals surface area contributed by atoms with Crippen molar-refractivity contribution < 1.29 is 0 Å². The molecule has 0 spiro atoms. The molecule has 2 bridgehead atoms. The van der Waals surface area contributed by atoms with E-state index >= 15 is 0 Å². The lowest BCUT2D eigenvalue weighted by atomic mass is 10.0. The zero-order valence-electron chi connectivity index (χ0n) is 11.2. The summed E-state index contributed by atoms with van der Waals surface area (Å²) < 4.78 is 0. The van der Waals surface area contributed by atoms with E-state index in [-0.39, 0.29) is 0 Å². The van der Waals surface area contributed by atoms with Gasteiger partial charge in [-0.3, -0.25) is 4.90 Å². The molecule has 4 atom stereocenters. The van der Waals surface area contributed by atoms with E-state index in [0.717, 1.165) is 18.0 Å². The molecule has 2 rings (SSSR count). The molecule has 0 aromatic heterocycles. The fourth-order valence-corrected chi connectivity index (χ4v) is 3.62. The number of likely N-dealkylation sites (tertiary alicyclic amines) is 1. The quantitative estimate of drug-likeness (QED) is 0.746. The number of nitrogens with zero attached hydrogens (tertiary/aromatic N) is 1. The Morgan fingerprint density at radius 1 is 1.31 bits per heavy atom. The molecule has 0 radical (unpaired) electrons. The van der Waals surface area contributed by atoms with Crippen molar-refractivity contribution in [2.75, 3.05) is 13.1 Å². The third kappa shape index (κ3) is 2.78. The van der Waals surface area contributed by atoms with Crippen molar-refractivity contribution in [3.63, 3.8) is 0 Å². The maximum atomic E-state index is 3.60. The van der Waals surface area contributed by atoms with E-state index in [1.165, 1.54) is 45.2 Å². The fraction of sp³-hybridized carbons (Fsp3) is 1.00. The van der Waals surface area contributed by atoms with Gasteiger partial charge in [0.05, 0.1) is 0 Å². The molecule has 16 heavy (non-hydrogen) atoms. The van der Waals surface area contributed by atoms with Crippen LogP contribution in [0.25, 0.3) is 0 Å². The Labute approximate surface area is 101 Å². The summed E-state index contributed by atoms with van der Waals surface area (Å²) in [6.45, 7) is 9.54. The molecule has 1 aliphatic carbocycles.